The van der Waals surface area contributed by atoms with Crippen LogP contribution in [0.3, 0.4) is 0 Å². The highest BCUT2D eigenvalue weighted by molar-refractivity contribution is 7.98. The van der Waals surface area contributed by atoms with E-state index in [0.717, 1.165) is 10.5 Å². The Balaban J connectivity index is 2.41. The molecule has 2 rings (SSSR count). The van der Waals surface area contributed by atoms with E-state index in [1.165, 1.54) is 0 Å². The Bertz CT molecular complexity index is 567. The fraction of sp³-hybridized carbons (Fsp3) is 0.0714. The minimum Gasteiger partial charge on any atom is -0.496 e. The van der Waals surface area contributed by atoms with Crippen molar-refractivity contribution in [1.82, 2.24) is 0 Å². The van der Waals surface area contributed by atoms with Crippen LogP contribution < -0.4 is 4.74 Å². The average Bonchev–Trinajstić information content (AvgIpc) is 2.40. The van der Waals surface area contributed by atoms with Crippen molar-refractivity contribution in [3.63, 3.8) is 0 Å². The van der Waals surface area contributed by atoms with Gasteiger partial charge >= 0.3 is 0 Å². The molecule has 94 valence electrons. The van der Waals surface area contributed by atoms with Crippen molar-refractivity contribution in [2.45, 2.75) is 4.90 Å². The molecular formula is C14H13ClO2S. The summed E-state index contributed by atoms with van der Waals surface area (Å²) in [6, 6.07) is 14.8. The van der Waals surface area contributed by atoms with Crippen LogP contribution in [0.4, 0.5) is 0 Å². The monoisotopic (exact) mass is 280 g/mol. The van der Waals surface area contributed by atoms with Gasteiger partial charge in [0, 0.05) is 15.5 Å². The third-order valence-electron chi connectivity index (χ3n) is 2.40. The van der Waals surface area contributed by atoms with Crippen molar-refractivity contribution in [1.29, 1.82) is 0 Å². The summed E-state index contributed by atoms with van der Waals surface area (Å²) in [6.45, 7) is 0. The van der Waals surface area contributed by atoms with Gasteiger partial charge in [0.1, 0.15) is 10.8 Å². The molecule has 0 aromatic heterocycles. The maximum Gasteiger partial charge on any atom is 0.131 e. The van der Waals surface area contributed by atoms with Crippen LogP contribution in [0.25, 0.3) is 0 Å². The lowest BCUT2D eigenvalue weighted by atomic mass is 10.2. The van der Waals surface area contributed by atoms with Crippen LogP contribution in [0.15, 0.2) is 53.4 Å². The number of thiol groups is 1. The van der Waals surface area contributed by atoms with Crippen molar-refractivity contribution in [2.75, 3.05) is 7.11 Å². The van der Waals surface area contributed by atoms with E-state index in [-0.39, 0.29) is 5.05 Å². The molecular weight excluding hydrogens is 268 g/mol. The van der Waals surface area contributed by atoms with E-state index in [9.17, 15) is 5.11 Å². The molecule has 0 heterocycles. The van der Waals surface area contributed by atoms with Crippen LogP contribution in [-0.4, -0.2) is 17.3 Å². The average molecular weight is 281 g/mol. The molecule has 2 nitrogen and oxygen atoms in total. The first-order chi connectivity index (χ1) is 8.70. The minimum absolute atomic E-state index is 0.274. The smallest absolute Gasteiger partial charge is 0.131 e. The van der Waals surface area contributed by atoms with Gasteiger partial charge in [0.25, 0.3) is 0 Å². The van der Waals surface area contributed by atoms with Gasteiger partial charge in [-0.25, -0.2) is 0 Å². The third kappa shape index (κ3) is 3.13. The van der Waals surface area contributed by atoms with Gasteiger partial charge in [-0.1, -0.05) is 41.9 Å². The summed E-state index contributed by atoms with van der Waals surface area (Å²) in [5.41, 5.74) is 0.793. The third-order valence-corrected chi connectivity index (χ3v) is 3.69. The quantitative estimate of drug-likeness (QED) is 0.659. The van der Waals surface area contributed by atoms with Gasteiger partial charge in [0.05, 0.1) is 7.11 Å². The summed E-state index contributed by atoms with van der Waals surface area (Å²) < 4.78 is 5.25. The van der Waals surface area contributed by atoms with E-state index in [4.69, 9.17) is 16.3 Å². The first kappa shape index (κ1) is 13.1. The van der Waals surface area contributed by atoms with Crippen molar-refractivity contribution in [3.05, 3.63) is 59.1 Å². The zero-order chi connectivity index (χ0) is 13.0. The highest BCUT2D eigenvalue weighted by Crippen LogP contribution is 2.29. The number of aliphatic hydroxyl groups is 1. The second-order valence-electron chi connectivity index (χ2n) is 3.62. The largest absolute Gasteiger partial charge is 0.496 e. The lowest BCUT2D eigenvalue weighted by molar-refractivity contribution is 0.405. The molecule has 0 amide bonds. The Morgan fingerprint density at radius 1 is 1.17 bits per heavy atom. The predicted molar refractivity (Wildman–Crippen MR) is 78.4 cm³/mol. The van der Waals surface area contributed by atoms with Gasteiger partial charge in [0.15, 0.2) is 0 Å². The van der Waals surface area contributed by atoms with Crippen LogP contribution in [0.1, 0.15) is 5.56 Å². The molecule has 4 heteroatoms. The zero-order valence-corrected chi connectivity index (χ0v) is 11.4. The Labute approximate surface area is 115 Å². The van der Waals surface area contributed by atoms with E-state index in [1.807, 2.05) is 30.3 Å². The van der Waals surface area contributed by atoms with E-state index in [1.54, 1.807) is 25.3 Å². The molecule has 0 aliphatic heterocycles. The van der Waals surface area contributed by atoms with Crippen LogP contribution in [0.5, 0.6) is 5.75 Å². The second-order valence-corrected chi connectivity index (χ2v) is 5.18. The van der Waals surface area contributed by atoms with Crippen LogP contribution in [-0.2, 0) is 0 Å². The van der Waals surface area contributed by atoms with Gasteiger partial charge in [-0.15, -0.1) is 11.4 Å². The SMILES string of the molecule is COc1ccc(Cl)cc1[SH]=C(O)c1ccccc1. The fourth-order valence-electron chi connectivity index (χ4n) is 1.52. The summed E-state index contributed by atoms with van der Waals surface area (Å²) in [7, 11) is 1.60. The molecule has 0 radical (unpaired) electrons. The van der Waals surface area contributed by atoms with E-state index in [2.05, 4.69) is 0 Å². The van der Waals surface area contributed by atoms with Crippen LogP contribution in [0.2, 0.25) is 5.02 Å². The number of rotatable bonds is 3. The molecule has 18 heavy (non-hydrogen) atoms. The van der Waals surface area contributed by atoms with Crippen molar-refractivity contribution >= 4 is 28.0 Å². The van der Waals surface area contributed by atoms with Crippen molar-refractivity contribution < 1.29 is 9.84 Å². The summed E-state index contributed by atoms with van der Waals surface area (Å²) in [5.74, 6) is 0.712. The molecule has 0 atom stereocenters. The Morgan fingerprint density at radius 2 is 1.89 bits per heavy atom. The molecule has 0 fully saturated rings. The summed E-state index contributed by atoms with van der Waals surface area (Å²) in [5, 5.41) is 11.0. The molecule has 0 spiro atoms. The number of ether oxygens (including phenoxy) is 1. The molecule has 0 aliphatic rings. The van der Waals surface area contributed by atoms with Crippen molar-refractivity contribution in [3.8, 4) is 5.75 Å². The number of halogens is 1. The molecule has 2 aromatic rings. The number of methoxy groups -OCH3 is 1. The molecule has 0 unspecified atom stereocenters. The lowest BCUT2D eigenvalue weighted by Crippen LogP contribution is -1.95. The maximum atomic E-state index is 10.1. The molecule has 0 saturated carbocycles. The zero-order valence-electron chi connectivity index (χ0n) is 9.80. The number of aliphatic hydroxyl groups excluding tert-OH is 1. The van der Waals surface area contributed by atoms with Gasteiger partial charge in [-0.3, -0.25) is 0 Å². The molecule has 0 aliphatic carbocycles. The Morgan fingerprint density at radius 3 is 2.56 bits per heavy atom. The first-order valence-electron chi connectivity index (χ1n) is 5.37. The predicted octanol–water partition coefficient (Wildman–Crippen LogP) is 3.91. The Hall–Kier alpha value is -1.29. The standard InChI is InChI=1S/C14H13ClO2S/c1-17-12-8-7-11(15)9-13(12)18-14(16)10-5-3-2-4-6-10/h2-9,16,18H,1H3. The fourth-order valence-corrected chi connectivity index (χ4v) is 2.75. The van der Waals surface area contributed by atoms with Crippen LogP contribution >= 0.6 is 23.0 Å². The number of benzene rings is 2. The summed E-state index contributed by atoms with van der Waals surface area (Å²) in [4.78, 5) is 0.839. The van der Waals surface area contributed by atoms with E-state index >= 15 is 0 Å². The van der Waals surface area contributed by atoms with Gasteiger partial charge in [0.2, 0.25) is 0 Å². The number of hydrogen-bond acceptors (Lipinski definition) is 1. The highest BCUT2D eigenvalue weighted by Gasteiger charge is 2.03. The van der Waals surface area contributed by atoms with Crippen molar-refractivity contribution in [2.24, 2.45) is 0 Å². The van der Waals surface area contributed by atoms with Gasteiger partial charge < -0.3 is 9.84 Å². The first-order valence-corrected chi connectivity index (χ1v) is 6.64. The molecule has 0 bridgehead atoms. The lowest BCUT2D eigenvalue weighted by Gasteiger charge is -2.06. The topological polar surface area (TPSA) is 29.5 Å². The van der Waals surface area contributed by atoms with Gasteiger partial charge in [-0.05, 0) is 18.2 Å². The maximum absolute atomic E-state index is 10.1. The minimum atomic E-state index is 0.274. The molecule has 0 saturated heterocycles. The summed E-state index contributed by atoms with van der Waals surface area (Å²) in [6.07, 6.45) is 0. The normalized spacial score (nSPS) is 11.8. The molecule has 2 aromatic carbocycles. The molecule has 1 N–H and O–H groups in total. The van der Waals surface area contributed by atoms with E-state index < -0.39 is 0 Å². The van der Waals surface area contributed by atoms with Gasteiger partial charge in [-0.2, -0.15) is 0 Å². The Kier molecular flexibility index (Phi) is 4.42. The number of hydrogen-bond donors (Lipinski definition) is 2. The van der Waals surface area contributed by atoms with E-state index in [0.29, 0.717) is 22.1 Å². The summed E-state index contributed by atoms with van der Waals surface area (Å²) >= 11 is 6.63. The van der Waals surface area contributed by atoms with Crippen LogP contribution in [0, 0.1) is 0 Å². The highest BCUT2D eigenvalue weighted by atomic mass is 35.5. The second kappa shape index (κ2) is 6.05.